The molecular formula is C20H22O5S2. The van der Waals surface area contributed by atoms with Crippen LogP contribution in [-0.2, 0) is 20.6 Å². The first-order valence-electron chi connectivity index (χ1n) is 9.15. The highest BCUT2D eigenvalue weighted by Crippen LogP contribution is 2.56. The lowest BCUT2D eigenvalue weighted by Gasteiger charge is -2.49. The molecule has 1 heterocycles. The minimum atomic E-state index is -3.48. The summed E-state index contributed by atoms with van der Waals surface area (Å²) in [5.41, 5.74) is 1.27. The molecule has 1 saturated heterocycles. The molecule has 0 amide bonds. The van der Waals surface area contributed by atoms with E-state index in [2.05, 4.69) is 0 Å². The molecule has 4 rings (SSSR count). The lowest BCUT2D eigenvalue weighted by Crippen LogP contribution is -2.63. The molecule has 5 nitrogen and oxygen atoms in total. The largest absolute Gasteiger partial charge is 0.294 e. The molecule has 0 saturated carbocycles. The van der Waals surface area contributed by atoms with Gasteiger partial charge < -0.3 is 0 Å². The summed E-state index contributed by atoms with van der Waals surface area (Å²) in [6.45, 7) is 5.24. The van der Waals surface area contributed by atoms with Crippen molar-refractivity contribution >= 4 is 32.2 Å². The summed E-state index contributed by atoms with van der Waals surface area (Å²) in [6, 6.07) is 6.64. The third-order valence-corrected chi connectivity index (χ3v) is 10.5. The number of Topliss-reactive ketones (excluding diaryl/α,β-unsaturated/α-hetero) is 2. The van der Waals surface area contributed by atoms with E-state index in [9.17, 15) is 22.2 Å². The predicted molar refractivity (Wildman–Crippen MR) is 104 cm³/mol. The van der Waals surface area contributed by atoms with E-state index in [1.54, 1.807) is 45.0 Å². The average Bonchev–Trinajstić information content (AvgIpc) is 2.95. The van der Waals surface area contributed by atoms with E-state index in [4.69, 9.17) is 0 Å². The fraction of sp³-hybridized carbons (Fsp3) is 0.500. The first kappa shape index (κ1) is 18.7. The third kappa shape index (κ3) is 2.27. The van der Waals surface area contributed by atoms with Crippen LogP contribution in [0.15, 0.2) is 34.7 Å². The van der Waals surface area contributed by atoms with Crippen LogP contribution in [0.25, 0.3) is 0 Å². The number of hydrogen-bond acceptors (Lipinski definition) is 5. The molecule has 0 spiro atoms. The zero-order chi connectivity index (χ0) is 19.7. The van der Waals surface area contributed by atoms with Crippen LogP contribution in [0.3, 0.4) is 0 Å². The fourth-order valence-electron chi connectivity index (χ4n) is 5.16. The van der Waals surface area contributed by atoms with Crippen molar-refractivity contribution in [1.82, 2.24) is 0 Å². The summed E-state index contributed by atoms with van der Waals surface area (Å²) in [5, 5.41) is -0.363. The molecule has 1 fully saturated rings. The van der Waals surface area contributed by atoms with Crippen molar-refractivity contribution < 1.29 is 22.2 Å². The second-order valence-electron chi connectivity index (χ2n) is 7.94. The minimum Gasteiger partial charge on any atom is -0.294 e. The smallest absolute Gasteiger partial charge is 0.183 e. The summed E-state index contributed by atoms with van der Waals surface area (Å²) in [6.07, 6.45) is 0.410. The molecule has 144 valence electrons. The maximum Gasteiger partial charge on any atom is 0.183 e. The van der Waals surface area contributed by atoms with Crippen molar-refractivity contribution in [1.29, 1.82) is 0 Å². The van der Waals surface area contributed by atoms with Crippen molar-refractivity contribution in [3.63, 3.8) is 0 Å². The quantitative estimate of drug-likeness (QED) is 0.754. The van der Waals surface area contributed by atoms with Gasteiger partial charge in [0.1, 0.15) is 4.75 Å². The standard InChI is InChI=1S/C20H22O5S2/c1-11(2)26(23)20-15-8-9-27(24,25)18(15)12(3)10-16(20)17(21)13-6-4-5-7-14(13)19(20)22/h4-7,11,15-16H,8-10H2,1-3H3/t15-,16-,20+,26-/m0/s1. The molecule has 2 aliphatic carbocycles. The van der Waals surface area contributed by atoms with Gasteiger partial charge in [0.25, 0.3) is 0 Å². The van der Waals surface area contributed by atoms with Crippen LogP contribution in [-0.4, -0.2) is 39.9 Å². The highest BCUT2D eigenvalue weighted by Gasteiger charge is 2.67. The van der Waals surface area contributed by atoms with E-state index in [0.29, 0.717) is 11.1 Å². The van der Waals surface area contributed by atoms with Gasteiger partial charge in [0.05, 0.1) is 11.7 Å². The van der Waals surface area contributed by atoms with Gasteiger partial charge in [-0.2, -0.15) is 0 Å². The topological polar surface area (TPSA) is 85.3 Å². The Morgan fingerprint density at radius 1 is 1.11 bits per heavy atom. The molecule has 0 radical (unpaired) electrons. The van der Waals surface area contributed by atoms with Crippen molar-refractivity contribution in [3.05, 3.63) is 45.9 Å². The van der Waals surface area contributed by atoms with Gasteiger partial charge >= 0.3 is 0 Å². The van der Waals surface area contributed by atoms with Gasteiger partial charge in [0, 0.05) is 38.0 Å². The van der Waals surface area contributed by atoms with Gasteiger partial charge in [-0.1, -0.05) is 43.7 Å². The number of fused-ring (bicyclic) bond motifs is 4. The number of allylic oxidation sites excluding steroid dienone is 2. The van der Waals surface area contributed by atoms with E-state index in [1.807, 2.05) is 0 Å². The van der Waals surface area contributed by atoms with E-state index < -0.39 is 37.2 Å². The number of sulfone groups is 1. The zero-order valence-corrected chi connectivity index (χ0v) is 17.2. The summed E-state index contributed by atoms with van der Waals surface area (Å²) >= 11 is 0. The Morgan fingerprint density at radius 3 is 2.37 bits per heavy atom. The molecule has 1 aromatic rings. The van der Waals surface area contributed by atoms with Crippen LogP contribution in [0.4, 0.5) is 0 Å². The molecule has 7 heteroatoms. The first-order valence-corrected chi connectivity index (χ1v) is 12.0. The van der Waals surface area contributed by atoms with Gasteiger partial charge in [-0.05, 0) is 19.8 Å². The molecule has 0 aromatic heterocycles. The Kier molecular flexibility index (Phi) is 4.13. The average molecular weight is 407 g/mol. The molecule has 1 aliphatic heterocycles. The second-order valence-corrected chi connectivity index (χ2v) is 12.2. The molecule has 3 aliphatic rings. The van der Waals surface area contributed by atoms with Crippen molar-refractivity contribution in [2.75, 3.05) is 5.75 Å². The highest BCUT2D eigenvalue weighted by atomic mass is 32.2. The first-order chi connectivity index (χ1) is 12.6. The van der Waals surface area contributed by atoms with Crippen LogP contribution in [0.5, 0.6) is 0 Å². The number of hydrogen-bond donors (Lipinski definition) is 0. The Balaban J connectivity index is 2.08. The predicted octanol–water partition coefficient (Wildman–Crippen LogP) is 2.69. The Hall–Kier alpha value is -1.60. The van der Waals surface area contributed by atoms with Crippen LogP contribution in [0.1, 0.15) is 54.3 Å². The SMILES string of the molecule is CC1=C2[C@H](CCS2(=O)=O)[C@]2([S@@](=O)C(C)C)C(=O)c3ccccc3C(=O)[C@@H]2C1. The maximum atomic E-state index is 13.8. The van der Waals surface area contributed by atoms with E-state index in [1.165, 1.54) is 0 Å². The lowest BCUT2D eigenvalue weighted by molar-refractivity contribution is 0.0713. The number of carbonyl (C=O) groups excluding carboxylic acids is 2. The number of ketones is 2. The number of carbonyl (C=O) groups is 2. The molecule has 4 atom stereocenters. The molecule has 0 N–H and O–H groups in total. The maximum absolute atomic E-state index is 13.8. The second kappa shape index (κ2) is 5.95. The highest BCUT2D eigenvalue weighted by molar-refractivity contribution is 7.95. The number of rotatable bonds is 2. The van der Waals surface area contributed by atoms with E-state index >= 15 is 0 Å². The molecule has 1 aromatic carbocycles. The van der Waals surface area contributed by atoms with Gasteiger partial charge in [-0.25, -0.2) is 8.42 Å². The van der Waals surface area contributed by atoms with Gasteiger partial charge in [0.2, 0.25) is 0 Å². The molecular weight excluding hydrogens is 384 g/mol. The summed E-state index contributed by atoms with van der Waals surface area (Å²) in [5.74, 6) is -2.04. The minimum absolute atomic E-state index is 0.0583. The third-order valence-electron chi connectivity index (χ3n) is 6.16. The normalized spacial score (nSPS) is 32.9. The molecule has 0 unspecified atom stereocenters. The fourth-order valence-corrected chi connectivity index (χ4v) is 9.42. The van der Waals surface area contributed by atoms with Gasteiger partial charge in [-0.3, -0.25) is 13.8 Å². The summed E-state index contributed by atoms with van der Waals surface area (Å²) in [7, 11) is -5.16. The lowest BCUT2D eigenvalue weighted by atomic mass is 9.62. The zero-order valence-electron chi connectivity index (χ0n) is 15.5. The van der Waals surface area contributed by atoms with Gasteiger partial charge in [0.15, 0.2) is 21.4 Å². The van der Waals surface area contributed by atoms with Crippen molar-refractivity contribution in [3.8, 4) is 0 Å². The number of benzene rings is 1. The van der Waals surface area contributed by atoms with E-state index in [0.717, 1.165) is 0 Å². The van der Waals surface area contributed by atoms with Crippen molar-refractivity contribution in [2.45, 2.75) is 43.6 Å². The summed E-state index contributed by atoms with van der Waals surface area (Å²) in [4.78, 5) is 27.4. The van der Waals surface area contributed by atoms with Crippen LogP contribution in [0, 0.1) is 11.8 Å². The Morgan fingerprint density at radius 2 is 1.74 bits per heavy atom. The van der Waals surface area contributed by atoms with Crippen LogP contribution < -0.4 is 0 Å². The molecule has 0 bridgehead atoms. The summed E-state index contributed by atoms with van der Waals surface area (Å²) < 4.78 is 37.5. The Labute approximate surface area is 161 Å². The van der Waals surface area contributed by atoms with Crippen LogP contribution in [0.2, 0.25) is 0 Å². The Bertz CT molecular complexity index is 1030. The monoisotopic (exact) mass is 406 g/mol. The van der Waals surface area contributed by atoms with Gasteiger partial charge in [-0.15, -0.1) is 0 Å². The molecule has 27 heavy (non-hydrogen) atoms. The van der Waals surface area contributed by atoms with Crippen molar-refractivity contribution in [2.24, 2.45) is 11.8 Å². The van der Waals surface area contributed by atoms with E-state index in [-0.39, 0.29) is 45.9 Å². The van der Waals surface area contributed by atoms with Crippen LogP contribution >= 0.6 is 0 Å².